The molecule has 0 spiro atoms. The van der Waals surface area contributed by atoms with Crippen LogP contribution in [0.4, 0.5) is 4.39 Å². The van der Waals surface area contributed by atoms with E-state index >= 15 is 0 Å². The van der Waals surface area contributed by atoms with Gasteiger partial charge in [0, 0.05) is 33.2 Å². The fraction of sp³-hybridized carbons (Fsp3) is 0.211. The average molecular weight is 343 g/mol. The molecule has 24 heavy (non-hydrogen) atoms. The number of hydrogen-bond acceptors (Lipinski definition) is 1. The molecule has 3 nitrogen and oxygen atoms in total. The summed E-state index contributed by atoms with van der Waals surface area (Å²) in [5.74, 6) is -0.345. The van der Waals surface area contributed by atoms with Gasteiger partial charge >= 0.3 is 0 Å². The smallest absolute Gasteiger partial charge is 0.251 e. The molecule has 1 aliphatic carbocycles. The Hall–Kier alpha value is -2.33. The number of rotatable bonds is 2. The number of halogens is 2. The molecule has 5 heteroatoms. The van der Waals surface area contributed by atoms with E-state index < -0.39 is 0 Å². The largest absolute Gasteiger partial charge is 0.358 e. The van der Waals surface area contributed by atoms with Crippen LogP contribution in [0.2, 0.25) is 5.02 Å². The fourth-order valence-corrected chi connectivity index (χ4v) is 3.51. The van der Waals surface area contributed by atoms with Gasteiger partial charge in [0.2, 0.25) is 0 Å². The molecule has 1 amide bonds. The second-order valence-electron chi connectivity index (χ2n) is 6.19. The maximum atomic E-state index is 13.6. The summed E-state index contributed by atoms with van der Waals surface area (Å²) in [6.45, 7) is 0. The third-order valence-electron chi connectivity index (χ3n) is 4.59. The second kappa shape index (κ2) is 5.95. The number of fused-ring (bicyclic) bond motifs is 3. The summed E-state index contributed by atoms with van der Waals surface area (Å²) >= 11 is 5.85. The van der Waals surface area contributed by atoms with Gasteiger partial charge in [-0.05, 0) is 67.3 Å². The van der Waals surface area contributed by atoms with Crippen LogP contribution < -0.4 is 5.32 Å². The Morgan fingerprint density at radius 1 is 1.21 bits per heavy atom. The highest BCUT2D eigenvalue weighted by atomic mass is 35.5. The Morgan fingerprint density at radius 3 is 2.79 bits per heavy atom. The van der Waals surface area contributed by atoms with Crippen LogP contribution >= 0.6 is 11.6 Å². The molecule has 0 saturated heterocycles. The van der Waals surface area contributed by atoms with Gasteiger partial charge in [-0.25, -0.2) is 4.39 Å². The number of H-pyrrole nitrogens is 1. The maximum Gasteiger partial charge on any atom is 0.251 e. The molecule has 4 rings (SSSR count). The normalized spacial score (nSPS) is 16.8. The summed E-state index contributed by atoms with van der Waals surface area (Å²) in [7, 11) is 0. The standard InChI is InChI=1S/C19H16ClFN2O/c20-12-3-1-11(2-4-12)19(24)22-14-6-8-18-16(10-14)15-9-13(21)5-7-17(15)23-18/h1-5,7,9,14,23H,6,8,10H2,(H,22,24). The molecule has 1 aliphatic rings. The number of amides is 1. The number of aromatic nitrogens is 1. The Labute approximate surface area is 143 Å². The average Bonchev–Trinajstić information content (AvgIpc) is 2.93. The predicted octanol–water partition coefficient (Wildman–Crippen LogP) is 4.25. The first kappa shape index (κ1) is 15.2. The first-order chi connectivity index (χ1) is 11.6. The van der Waals surface area contributed by atoms with E-state index in [2.05, 4.69) is 10.3 Å². The van der Waals surface area contributed by atoms with Crippen molar-refractivity contribution >= 4 is 28.4 Å². The Kier molecular flexibility index (Phi) is 3.77. The second-order valence-corrected chi connectivity index (χ2v) is 6.63. The molecule has 122 valence electrons. The number of hydrogen-bond donors (Lipinski definition) is 2. The first-order valence-electron chi connectivity index (χ1n) is 7.95. The minimum Gasteiger partial charge on any atom is -0.358 e. The molecule has 3 aromatic rings. The summed E-state index contributed by atoms with van der Waals surface area (Å²) in [5, 5.41) is 4.59. The van der Waals surface area contributed by atoms with Crippen molar-refractivity contribution in [3.63, 3.8) is 0 Å². The minimum absolute atomic E-state index is 0.0444. The molecule has 1 unspecified atom stereocenters. The van der Waals surface area contributed by atoms with Crippen LogP contribution in [0.15, 0.2) is 42.5 Å². The molecule has 1 atom stereocenters. The van der Waals surface area contributed by atoms with Gasteiger partial charge in [-0.15, -0.1) is 0 Å². The van der Waals surface area contributed by atoms with Crippen LogP contribution in [-0.4, -0.2) is 16.9 Å². The van der Waals surface area contributed by atoms with Crippen molar-refractivity contribution in [1.82, 2.24) is 10.3 Å². The lowest BCUT2D eigenvalue weighted by Crippen LogP contribution is -2.38. The van der Waals surface area contributed by atoms with Gasteiger partial charge in [-0.1, -0.05) is 11.6 Å². The van der Waals surface area contributed by atoms with Crippen molar-refractivity contribution in [3.8, 4) is 0 Å². The zero-order valence-corrected chi connectivity index (χ0v) is 13.7. The van der Waals surface area contributed by atoms with E-state index in [0.717, 1.165) is 35.0 Å². The van der Waals surface area contributed by atoms with Crippen LogP contribution in [0, 0.1) is 5.82 Å². The summed E-state index contributed by atoms with van der Waals surface area (Å²) < 4.78 is 13.6. The van der Waals surface area contributed by atoms with Gasteiger partial charge in [0.1, 0.15) is 5.82 Å². The van der Waals surface area contributed by atoms with E-state index in [4.69, 9.17) is 11.6 Å². The quantitative estimate of drug-likeness (QED) is 0.718. The van der Waals surface area contributed by atoms with E-state index in [1.54, 1.807) is 36.4 Å². The number of aryl methyl sites for hydroxylation is 1. The predicted molar refractivity (Wildman–Crippen MR) is 93.0 cm³/mol. The fourth-order valence-electron chi connectivity index (χ4n) is 3.38. The molecule has 0 fully saturated rings. The molecule has 2 aromatic carbocycles. The van der Waals surface area contributed by atoms with Gasteiger partial charge in [-0.3, -0.25) is 4.79 Å². The Morgan fingerprint density at radius 2 is 2.00 bits per heavy atom. The van der Waals surface area contributed by atoms with E-state index in [1.807, 2.05) is 0 Å². The van der Waals surface area contributed by atoms with Gasteiger partial charge in [0.25, 0.3) is 5.91 Å². The Bertz CT molecular complexity index is 917. The van der Waals surface area contributed by atoms with Crippen molar-refractivity contribution in [3.05, 3.63) is 70.1 Å². The monoisotopic (exact) mass is 342 g/mol. The number of benzene rings is 2. The van der Waals surface area contributed by atoms with Crippen molar-refractivity contribution in [1.29, 1.82) is 0 Å². The molecule has 0 bridgehead atoms. The lowest BCUT2D eigenvalue weighted by Gasteiger charge is -2.23. The zero-order chi connectivity index (χ0) is 16.7. The minimum atomic E-state index is -0.239. The maximum absolute atomic E-state index is 13.6. The first-order valence-corrected chi connectivity index (χ1v) is 8.33. The van der Waals surface area contributed by atoms with Crippen LogP contribution in [0.25, 0.3) is 10.9 Å². The van der Waals surface area contributed by atoms with E-state index in [-0.39, 0.29) is 17.8 Å². The van der Waals surface area contributed by atoms with Gasteiger partial charge < -0.3 is 10.3 Å². The van der Waals surface area contributed by atoms with Gasteiger partial charge in [-0.2, -0.15) is 0 Å². The molecule has 0 aliphatic heterocycles. The van der Waals surface area contributed by atoms with Gasteiger partial charge in [0.15, 0.2) is 0 Å². The number of aromatic amines is 1. The number of nitrogens with one attached hydrogen (secondary N) is 2. The van der Waals surface area contributed by atoms with E-state index in [0.29, 0.717) is 17.0 Å². The SMILES string of the molecule is O=C(NC1CCc2[nH]c3ccc(F)cc3c2C1)c1ccc(Cl)cc1. The lowest BCUT2D eigenvalue weighted by atomic mass is 9.91. The number of carbonyl (C=O) groups is 1. The van der Waals surface area contributed by atoms with Crippen LogP contribution in [0.1, 0.15) is 28.0 Å². The lowest BCUT2D eigenvalue weighted by molar-refractivity contribution is 0.0933. The van der Waals surface area contributed by atoms with Crippen LogP contribution in [0.5, 0.6) is 0 Å². The Balaban J connectivity index is 1.55. The van der Waals surface area contributed by atoms with E-state index in [9.17, 15) is 9.18 Å². The molecule has 2 N–H and O–H groups in total. The van der Waals surface area contributed by atoms with Crippen LogP contribution in [0.3, 0.4) is 0 Å². The third-order valence-corrected chi connectivity index (χ3v) is 4.84. The van der Waals surface area contributed by atoms with Crippen LogP contribution in [-0.2, 0) is 12.8 Å². The zero-order valence-electron chi connectivity index (χ0n) is 12.9. The van der Waals surface area contributed by atoms with Crippen molar-refractivity contribution in [2.45, 2.75) is 25.3 Å². The van der Waals surface area contributed by atoms with E-state index in [1.165, 1.54) is 6.07 Å². The molecule has 0 saturated carbocycles. The summed E-state index contributed by atoms with van der Waals surface area (Å²) in [6.07, 6.45) is 2.41. The molecular weight excluding hydrogens is 327 g/mol. The van der Waals surface area contributed by atoms with Crippen molar-refractivity contribution in [2.75, 3.05) is 0 Å². The third kappa shape index (κ3) is 2.78. The van der Waals surface area contributed by atoms with Crippen molar-refractivity contribution < 1.29 is 9.18 Å². The molecular formula is C19H16ClFN2O. The molecule has 1 aromatic heterocycles. The summed E-state index contributed by atoms with van der Waals surface area (Å²) in [6, 6.07) is 11.7. The highest BCUT2D eigenvalue weighted by molar-refractivity contribution is 6.30. The van der Waals surface area contributed by atoms with Gasteiger partial charge in [0.05, 0.1) is 0 Å². The summed E-state index contributed by atoms with van der Waals surface area (Å²) in [4.78, 5) is 15.7. The molecule has 1 heterocycles. The summed E-state index contributed by atoms with van der Waals surface area (Å²) in [5.41, 5.74) is 3.80. The van der Waals surface area contributed by atoms with Crippen molar-refractivity contribution in [2.24, 2.45) is 0 Å². The highest BCUT2D eigenvalue weighted by Crippen LogP contribution is 2.29. The molecule has 0 radical (unpaired) electrons. The number of carbonyl (C=O) groups excluding carboxylic acids is 1. The highest BCUT2D eigenvalue weighted by Gasteiger charge is 2.24. The topological polar surface area (TPSA) is 44.9 Å².